The molecule has 260 valence electrons. The van der Waals surface area contributed by atoms with Gasteiger partial charge < -0.3 is 14.2 Å². The minimum atomic E-state index is -0.758. The summed E-state index contributed by atoms with van der Waals surface area (Å²) >= 11 is 0. The van der Waals surface area contributed by atoms with Crippen LogP contribution in [0.1, 0.15) is 195 Å². The van der Waals surface area contributed by atoms with E-state index in [9.17, 15) is 14.4 Å². The molecule has 0 bridgehead atoms. The van der Waals surface area contributed by atoms with Crippen molar-refractivity contribution < 1.29 is 28.6 Å². The predicted molar refractivity (Wildman–Crippen MR) is 183 cm³/mol. The zero-order valence-corrected chi connectivity index (χ0v) is 29.8. The van der Waals surface area contributed by atoms with Gasteiger partial charge in [-0.05, 0) is 31.1 Å². The van der Waals surface area contributed by atoms with Crippen molar-refractivity contribution in [2.24, 2.45) is 11.8 Å². The molecule has 0 spiro atoms. The van der Waals surface area contributed by atoms with Crippen LogP contribution in [0.4, 0.5) is 0 Å². The first-order valence-electron chi connectivity index (χ1n) is 18.7. The Morgan fingerprint density at radius 3 is 1.11 bits per heavy atom. The van der Waals surface area contributed by atoms with E-state index in [1.54, 1.807) is 0 Å². The van der Waals surface area contributed by atoms with Crippen LogP contribution in [-0.2, 0) is 28.6 Å². The van der Waals surface area contributed by atoms with Gasteiger partial charge in [0, 0.05) is 19.3 Å². The number of esters is 3. The maximum atomic E-state index is 12.5. The summed E-state index contributed by atoms with van der Waals surface area (Å²) < 4.78 is 16.5. The highest BCUT2D eigenvalue weighted by Crippen LogP contribution is 2.15. The zero-order valence-electron chi connectivity index (χ0n) is 29.8. The van der Waals surface area contributed by atoms with Gasteiger partial charge in [0.15, 0.2) is 6.10 Å². The monoisotopic (exact) mass is 625 g/mol. The third-order valence-electron chi connectivity index (χ3n) is 8.22. The average Bonchev–Trinajstić information content (AvgIpc) is 2.98. The van der Waals surface area contributed by atoms with Crippen LogP contribution >= 0.6 is 0 Å². The van der Waals surface area contributed by atoms with Crippen molar-refractivity contribution in [2.45, 2.75) is 201 Å². The maximum Gasteiger partial charge on any atom is 0.306 e. The molecule has 0 rings (SSSR count). The summed E-state index contributed by atoms with van der Waals surface area (Å²) in [6, 6.07) is 0. The molecule has 0 N–H and O–H groups in total. The molecule has 0 amide bonds. The maximum absolute atomic E-state index is 12.5. The third kappa shape index (κ3) is 31.8. The number of hydrogen-bond acceptors (Lipinski definition) is 6. The molecule has 0 aromatic carbocycles. The second kappa shape index (κ2) is 31.4. The molecule has 0 aliphatic heterocycles. The Kier molecular flexibility index (Phi) is 30.3. The molecule has 0 heterocycles. The molecule has 0 aromatic rings. The van der Waals surface area contributed by atoms with E-state index in [2.05, 4.69) is 34.6 Å². The minimum absolute atomic E-state index is 0.0684. The lowest BCUT2D eigenvalue weighted by Crippen LogP contribution is -2.30. The highest BCUT2D eigenvalue weighted by molar-refractivity contribution is 5.71. The first-order chi connectivity index (χ1) is 21.2. The van der Waals surface area contributed by atoms with Crippen LogP contribution < -0.4 is 0 Å². The first-order valence-corrected chi connectivity index (χ1v) is 18.7. The molecule has 0 radical (unpaired) electrons. The number of ether oxygens (including phenoxy) is 3. The number of carbonyl (C=O) groups excluding carboxylic acids is 3. The lowest BCUT2D eigenvalue weighted by Gasteiger charge is -2.18. The Morgan fingerprint density at radius 2 is 0.750 bits per heavy atom. The largest absolute Gasteiger partial charge is 0.462 e. The molecular weight excluding hydrogens is 552 g/mol. The van der Waals surface area contributed by atoms with Crippen molar-refractivity contribution in [3.63, 3.8) is 0 Å². The minimum Gasteiger partial charge on any atom is -0.462 e. The van der Waals surface area contributed by atoms with Gasteiger partial charge in [-0.25, -0.2) is 0 Å². The Labute approximate surface area is 272 Å². The van der Waals surface area contributed by atoms with Crippen LogP contribution in [0.25, 0.3) is 0 Å². The molecule has 6 nitrogen and oxygen atoms in total. The molecule has 0 aliphatic carbocycles. The van der Waals surface area contributed by atoms with Gasteiger partial charge in [-0.1, -0.05) is 157 Å². The van der Waals surface area contributed by atoms with Crippen molar-refractivity contribution in [2.75, 3.05) is 13.2 Å². The number of rotatable bonds is 32. The fraction of sp³-hybridized carbons (Fsp3) is 0.921. The molecule has 0 aliphatic rings. The van der Waals surface area contributed by atoms with E-state index in [4.69, 9.17) is 14.2 Å². The molecule has 6 heteroatoms. The topological polar surface area (TPSA) is 78.9 Å². The van der Waals surface area contributed by atoms with Crippen molar-refractivity contribution in [1.29, 1.82) is 0 Å². The number of unbranched alkanes of at least 4 members (excludes halogenated alkanes) is 17. The molecule has 44 heavy (non-hydrogen) atoms. The lowest BCUT2D eigenvalue weighted by atomic mass is 10.0. The second-order valence-electron chi connectivity index (χ2n) is 13.8. The van der Waals surface area contributed by atoms with Gasteiger partial charge in [0.2, 0.25) is 0 Å². The van der Waals surface area contributed by atoms with E-state index in [-0.39, 0.29) is 31.1 Å². The number of hydrogen-bond donors (Lipinski definition) is 0. The molecule has 0 saturated carbocycles. The molecule has 1 atom stereocenters. The van der Waals surface area contributed by atoms with Crippen LogP contribution in [-0.4, -0.2) is 37.2 Å². The van der Waals surface area contributed by atoms with Crippen molar-refractivity contribution in [1.82, 2.24) is 0 Å². The SMILES string of the molecule is CCCCCCCCCC(=O)OC[C@H](COC(=O)CCCCCCCCCC(C)C)OC(=O)CCCCCCCCC(C)C. The Bertz CT molecular complexity index is 674. The van der Waals surface area contributed by atoms with Crippen LogP contribution in [0.2, 0.25) is 0 Å². The lowest BCUT2D eigenvalue weighted by molar-refractivity contribution is -0.167. The fourth-order valence-electron chi connectivity index (χ4n) is 5.34. The fourth-order valence-corrected chi connectivity index (χ4v) is 5.34. The Hall–Kier alpha value is -1.59. The molecule has 0 fully saturated rings. The summed E-state index contributed by atoms with van der Waals surface area (Å²) in [4.78, 5) is 37.2. The van der Waals surface area contributed by atoms with Crippen LogP contribution in [0.3, 0.4) is 0 Å². The van der Waals surface area contributed by atoms with Gasteiger partial charge >= 0.3 is 17.9 Å². The Morgan fingerprint density at radius 1 is 0.432 bits per heavy atom. The summed E-state index contributed by atoms with van der Waals surface area (Å²) in [7, 11) is 0. The van der Waals surface area contributed by atoms with E-state index in [0.717, 1.165) is 69.6 Å². The quantitative estimate of drug-likeness (QED) is 0.0421. The summed E-state index contributed by atoms with van der Waals surface area (Å²) in [5, 5.41) is 0. The zero-order chi connectivity index (χ0) is 32.7. The number of carbonyl (C=O) groups is 3. The molecular formula is C38H72O6. The smallest absolute Gasteiger partial charge is 0.306 e. The van der Waals surface area contributed by atoms with Gasteiger partial charge in [-0.15, -0.1) is 0 Å². The summed E-state index contributed by atoms with van der Waals surface area (Å²) in [6.45, 7) is 11.1. The summed E-state index contributed by atoms with van der Waals surface area (Å²) in [5.74, 6) is 0.658. The van der Waals surface area contributed by atoms with E-state index in [1.165, 1.54) is 83.5 Å². The standard InChI is InChI=1S/C38H72O6/c1-6-7-8-9-11-18-23-28-36(39)42-31-35(44-38(41)30-25-20-15-14-17-22-27-34(4)5)32-43-37(40)29-24-19-13-10-12-16-21-26-33(2)3/h33-35H,6-32H2,1-5H3/t35-/m1/s1. The highest BCUT2D eigenvalue weighted by atomic mass is 16.6. The van der Waals surface area contributed by atoms with Gasteiger partial charge in [0.05, 0.1) is 0 Å². The predicted octanol–water partition coefficient (Wildman–Crippen LogP) is 11.1. The first kappa shape index (κ1) is 42.4. The molecule has 0 unspecified atom stereocenters. The van der Waals surface area contributed by atoms with Gasteiger partial charge in [0.25, 0.3) is 0 Å². The van der Waals surface area contributed by atoms with E-state index >= 15 is 0 Å². The van der Waals surface area contributed by atoms with Crippen LogP contribution in [0.5, 0.6) is 0 Å². The van der Waals surface area contributed by atoms with Crippen LogP contribution in [0.15, 0.2) is 0 Å². The van der Waals surface area contributed by atoms with Gasteiger partial charge in [-0.2, -0.15) is 0 Å². The third-order valence-corrected chi connectivity index (χ3v) is 8.22. The van der Waals surface area contributed by atoms with Crippen molar-refractivity contribution >= 4 is 17.9 Å². The normalized spacial score (nSPS) is 12.1. The second-order valence-corrected chi connectivity index (χ2v) is 13.8. The van der Waals surface area contributed by atoms with Gasteiger partial charge in [0.1, 0.15) is 13.2 Å². The molecule has 0 saturated heterocycles. The van der Waals surface area contributed by atoms with E-state index in [0.29, 0.717) is 19.3 Å². The summed E-state index contributed by atoms with van der Waals surface area (Å²) in [6.07, 6.45) is 25.5. The van der Waals surface area contributed by atoms with Crippen molar-refractivity contribution in [3.8, 4) is 0 Å². The average molecular weight is 625 g/mol. The van der Waals surface area contributed by atoms with E-state index in [1.807, 2.05) is 0 Å². The van der Waals surface area contributed by atoms with E-state index < -0.39 is 6.10 Å². The van der Waals surface area contributed by atoms with Crippen molar-refractivity contribution in [3.05, 3.63) is 0 Å². The van der Waals surface area contributed by atoms with Crippen LogP contribution in [0, 0.1) is 11.8 Å². The summed E-state index contributed by atoms with van der Waals surface area (Å²) in [5.41, 5.74) is 0. The molecule has 0 aromatic heterocycles. The van der Waals surface area contributed by atoms with Gasteiger partial charge in [-0.3, -0.25) is 14.4 Å². The highest BCUT2D eigenvalue weighted by Gasteiger charge is 2.19. The Balaban J connectivity index is 4.36.